The second-order valence-corrected chi connectivity index (χ2v) is 16.4. The Bertz CT molecular complexity index is 2620. The number of hydrogen-bond donors (Lipinski definition) is 5. The van der Waals surface area contributed by atoms with Gasteiger partial charge in [0.2, 0.25) is 11.8 Å². The molecule has 1 aliphatic carbocycles. The molecule has 0 saturated carbocycles. The number of fused-ring (bicyclic) bond motifs is 4. The Labute approximate surface area is 365 Å². The number of alkyl carbamates (subject to hydrolysis) is 2. The Morgan fingerprint density at radius 3 is 2.44 bits per heavy atom. The van der Waals surface area contributed by atoms with Crippen LogP contribution >= 0.6 is 0 Å². The second-order valence-electron chi connectivity index (χ2n) is 16.4. The molecule has 3 aromatic carbocycles. The van der Waals surface area contributed by atoms with Crippen molar-refractivity contribution in [1.29, 1.82) is 0 Å². The van der Waals surface area contributed by atoms with E-state index in [1.54, 1.807) is 12.1 Å². The lowest BCUT2D eigenvalue weighted by Crippen LogP contribution is -2.51. The molecule has 0 spiro atoms. The molecule has 6 aromatic rings. The van der Waals surface area contributed by atoms with Gasteiger partial charge < -0.3 is 40.3 Å². The van der Waals surface area contributed by atoms with Gasteiger partial charge in [0.25, 0.3) is 0 Å². The van der Waals surface area contributed by atoms with E-state index in [0.717, 1.165) is 107 Å². The quantitative estimate of drug-likeness (QED) is 0.0696. The topological polar surface area (TPSA) is 196 Å². The number of benzene rings is 3. The number of imidazole rings is 2. The average molecular weight is 852 g/mol. The van der Waals surface area contributed by atoms with Crippen molar-refractivity contribution in [2.45, 2.75) is 76.9 Å². The van der Waals surface area contributed by atoms with E-state index in [2.05, 4.69) is 73.4 Å². The van der Waals surface area contributed by atoms with Crippen molar-refractivity contribution in [2.24, 2.45) is 5.92 Å². The zero-order chi connectivity index (χ0) is 44.0. The normalized spacial score (nSPS) is 15.3. The highest BCUT2D eigenvalue weighted by Crippen LogP contribution is 2.39. The number of H-pyrrole nitrogens is 2. The van der Waals surface area contributed by atoms with Crippen LogP contribution < -0.4 is 16.0 Å². The van der Waals surface area contributed by atoms with Gasteiger partial charge in [-0.2, -0.15) is 0 Å². The molecule has 2 aliphatic rings. The first-order valence-electron chi connectivity index (χ1n) is 21.6. The Kier molecular flexibility index (Phi) is 12.8. The number of nitrogens with zero attached hydrogens (tertiary/aromatic N) is 4. The minimum Gasteiger partial charge on any atom is -0.453 e. The lowest BCUT2D eigenvalue weighted by atomic mass is 9.90. The van der Waals surface area contributed by atoms with Gasteiger partial charge in [0.15, 0.2) is 0 Å². The molecular weight excluding hydrogens is 799 g/mol. The van der Waals surface area contributed by atoms with E-state index in [9.17, 15) is 19.2 Å². The van der Waals surface area contributed by atoms with E-state index in [4.69, 9.17) is 19.4 Å². The van der Waals surface area contributed by atoms with Gasteiger partial charge in [0, 0.05) is 47.3 Å². The fraction of sp³-hybridized carbons (Fsp3) is 0.354. The number of methoxy groups -OCH3 is 2. The van der Waals surface area contributed by atoms with Crippen molar-refractivity contribution < 1.29 is 28.7 Å². The second kappa shape index (κ2) is 18.9. The van der Waals surface area contributed by atoms with E-state index in [0.29, 0.717) is 18.7 Å². The summed E-state index contributed by atoms with van der Waals surface area (Å²) >= 11 is 0. The van der Waals surface area contributed by atoms with E-state index >= 15 is 0 Å². The summed E-state index contributed by atoms with van der Waals surface area (Å²) in [6, 6.07) is 24.2. The van der Waals surface area contributed by atoms with E-state index in [1.165, 1.54) is 19.8 Å². The van der Waals surface area contributed by atoms with Crippen molar-refractivity contribution >= 4 is 34.9 Å². The third kappa shape index (κ3) is 9.42. The van der Waals surface area contributed by atoms with Gasteiger partial charge in [-0.1, -0.05) is 68.4 Å². The first-order chi connectivity index (χ1) is 30.6. The third-order valence-electron chi connectivity index (χ3n) is 12.0. The molecule has 3 atom stereocenters. The summed E-state index contributed by atoms with van der Waals surface area (Å²) in [4.78, 5) is 74.2. The van der Waals surface area contributed by atoms with Gasteiger partial charge in [-0.15, -0.1) is 0 Å². The van der Waals surface area contributed by atoms with Crippen LogP contribution in [0.15, 0.2) is 85.1 Å². The molecule has 4 heterocycles. The Morgan fingerprint density at radius 1 is 0.857 bits per heavy atom. The lowest BCUT2D eigenvalue weighted by Gasteiger charge is -2.30. The minimum atomic E-state index is -0.846. The molecule has 1 saturated heterocycles. The maximum Gasteiger partial charge on any atom is 0.407 e. The zero-order valence-corrected chi connectivity index (χ0v) is 36.0. The highest BCUT2D eigenvalue weighted by atomic mass is 16.5. The molecule has 326 valence electrons. The van der Waals surface area contributed by atoms with Gasteiger partial charge in [-0.05, 0) is 79.8 Å². The molecule has 0 bridgehead atoms. The average Bonchev–Trinajstić information content (AvgIpc) is 4.10. The summed E-state index contributed by atoms with van der Waals surface area (Å²) in [5.41, 5.74) is 9.73. The number of carbonyl (C=O) groups excluding carboxylic acids is 4. The van der Waals surface area contributed by atoms with Crippen LogP contribution in [0.3, 0.4) is 0 Å². The molecule has 3 unspecified atom stereocenters. The SMILES string of the molecule is COC(=O)NC(C(=O)NCCCCc1ncc(-c2ccc3nc(-c4ccc5c(c4)CCc4[nH]c(C6CCCN6C(=O)C(NC(=O)OC)C(C)C)nc4-5)ccc3c2)[nH]1)c1ccccc1. The monoisotopic (exact) mass is 851 g/mol. The third-order valence-corrected chi connectivity index (χ3v) is 12.0. The number of aromatic nitrogens is 5. The lowest BCUT2D eigenvalue weighted by molar-refractivity contribution is -0.135. The first-order valence-corrected chi connectivity index (χ1v) is 21.6. The molecule has 3 aromatic heterocycles. The standard InChI is InChI=1S/C48H53N9O6/c1-28(2)41(55-47(60)62-3)46(59)57-24-10-13-39(57)44-53-37-22-16-30-25-31(15-19-34(30)43(37)54-44)35-20-17-32-26-33(18-21-36(32)51-35)38-27-50-40(52-38)14-8-9-23-49-45(58)42(56-48(61)63-4)29-11-6-5-7-12-29/h5-7,11-12,15,17-21,25-28,39,41-42H,8-10,13-14,16,22-24H2,1-4H3,(H,49,58)(H,50,52)(H,53,54)(H,55,60)(H,56,61). The predicted molar refractivity (Wildman–Crippen MR) is 238 cm³/mol. The molecular formula is C48H53N9O6. The number of carbonyl (C=O) groups is 4. The van der Waals surface area contributed by atoms with Crippen molar-refractivity contribution in [3.63, 3.8) is 0 Å². The van der Waals surface area contributed by atoms with Crippen LogP contribution in [0.2, 0.25) is 0 Å². The fourth-order valence-corrected chi connectivity index (χ4v) is 8.58. The summed E-state index contributed by atoms with van der Waals surface area (Å²) in [7, 11) is 2.57. The smallest absolute Gasteiger partial charge is 0.407 e. The number of rotatable bonds is 14. The molecule has 1 fully saturated rings. The molecule has 4 amide bonds. The summed E-state index contributed by atoms with van der Waals surface area (Å²) in [5, 5.41) is 9.28. The van der Waals surface area contributed by atoms with Crippen molar-refractivity contribution in [3.05, 3.63) is 114 Å². The van der Waals surface area contributed by atoms with E-state index < -0.39 is 24.3 Å². The number of hydrogen-bond acceptors (Lipinski definition) is 9. The Morgan fingerprint density at radius 2 is 1.65 bits per heavy atom. The largest absolute Gasteiger partial charge is 0.453 e. The van der Waals surface area contributed by atoms with Crippen LogP contribution in [0.1, 0.15) is 80.1 Å². The number of likely N-dealkylation sites (tertiary alicyclic amines) is 1. The van der Waals surface area contributed by atoms with Gasteiger partial charge in [-0.3, -0.25) is 9.59 Å². The van der Waals surface area contributed by atoms with Gasteiger partial charge in [0.05, 0.1) is 49.1 Å². The molecule has 15 heteroatoms. The van der Waals surface area contributed by atoms with Gasteiger partial charge in [-0.25, -0.2) is 24.5 Å². The summed E-state index contributed by atoms with van der Waals surface area (Å²) in [6.45, 7) is 4.89. The number of aryl methyl sites for hydroxylation is 3. The summed E-state index contributed by atoms with van der Waals surface area (Å²) in [6.07, 6.45) is 6.15. The molecule has 8 rings (SSSR count). The van der Waals surface area contributed by atoms with Crippen LogP contribution in [-0.4, -0.2) is 87.2 Å². The number of aromatic amines is 2. The fourth-order valence-electron chi connectivity index (χ4n) is 8.58. The van der Waals surface area contributed by atoms with E-state index in [-0.39, 0.29) is 23.8 Å². The van der Waals surface area contributed by atoms with Crippen LogP contribution in [-0.2, 0) is 38.3 Å². The van der Waals surface area contributed by atoms with Gasteiger partial charge in [0.1, 0.15) is 23.7 Å². The van der Waals surface area contributed by atoms with Crippen LogP contribution in [0.25, 0.3) is 44.7 Å². The van der Waals surface area contributed by atoms with Crippen LogP contribution in [0.4, 0.5) is 9.59 Å². The summed E-state index contributed by atoms with van der Waals surface area (Å²) < 4.78 is 9.51. The maximum atomic E-state index is 13.7. The number of unbranched alkanes of at least 4 members (excludes halogenated alkanes) is 1. The minimum absolute atomic E-state index is 0.103. The summed E-state index contributed by atoms with van der Waals surface area (Å²) in [5.74, 6) is 1.13. The zero-order valence-electron chi connectivity index (χ0n) is 36.0. The molecule has 0 radical (unpaired) electrons. The van der Waals surface area contributed by atoms with Crippen molar-refractivity contribution in [2.75, 3.05) is 27.3 Å². The number of ether oxygens (including phenoxy) is 2. The predicted octanol–water partition coefficient (Wildman–Crippen LogP) is 7.36. The van der Waals surface area contributed by atoms with E-state index in [1.807, 2.05) is 49.2 Å². The van der Waals surface area contributed by atoms with Crippen LogP contribution in [0.5, 0.6) is 0 Å². The molecule has 1 aliphatic heterocycles. The molecule has 5 N–H and O–H groups in total. The maximum absolute atomic E-state index is 13.7. The highest BCUT2D eigenvalue weighted by molar-refractivity contribution is 5.88. The number of nitrogens with one attached hydrogen (secondary N) is 5. The number of amides is 4. The van der Waals surface area contributed by atoms with Crippen LogP contribution in [0, 0.1) is 5.92 Å². The molecule has 15 nitrogen and oxygen atoms in total. The Balaban J connectivity index is 0.884. The van der Waals surface area contributed by atoms with Crippen molar-refractivity contribution in [3.8, 4) is 33.8 Å². The highest BCUT2D eigenvalue weighted by Gasteiger charge is 2.38. The Hall–Kier alpha value is -7.03. The first kappa shape index (κ1) is 42.7. The van der Waals surface area contributed by atoms with Gasteiger partial charge >= 0.3 is 12.2 Å². The molecule has 63 heavy (non-hydrogen) atoms. The van der Waals surface area contributed by atoms with Crippen molar-refractivity contribution in [1.82, 2.24) is 45.8 Å². The number of pyridine rings is 1.